The fourth-order valence-corrected chi connectivity index (χ4v) is 2.66. The highest BCUT2D eigenvalue weighted by atomic mass is 19.3. The number of urea groups is 1. The minimum absolute atomic E-state index is 0.402. The van der Waals surface area contributed by atoms with E-state index in [1.165, 1.54) is 17.7 Å². The number of nitrogens with zero attached hydrogens (tertiary/aromatic N) is 1. The van der Waals surface area contributed by atoms with Crippen LogP contribution in [-0.2, 0) is 4.79 Å². The van der Waals surface area contributed by atoms with Gasteiger partial charge in [0.15, 0.2) is 0 Å². The second-order valence-electron chi connectivity index (χ2n) is 6.10. The van der Waals surface area contributed by atoms with Crippen molar-refractivity contribution in [3.8, 4) is 0 Å². The van der Waals surface area contributed by atoms with E-state index in [9.17, 15) is 18.4 Å². The molecule has 2 amide bonds. The van der Waals surface area contributed by atoms with Crippen molar-refractivity contribution in [3.63, 3.8) is 0 Å². The Balaban J connectivity index is 1.86. The van der Waals surface area contributed by atoms with Gasteiger partial charge >= 0.3 is 12.0 Å². The number of alkyl halides is 2. The zero-order valence-corrected chi connectivity index (χ0v) is 11.5. The Labute approximate surface area is 116 Å². The number of piperidine rings is 1. The summed E-state index contributed by atoms with van der Waals surface area (Å²) >= 11 is 0. The summed E-state index contributed by atoms with van der Waals surface area (Å²) < 4.78 is 25.8. The van der Waals surface area contributed by atoms with Crippen molar-refractivity contribution >= 4 is 12.0 Å². The van der Waals surface area contributed by atoms with Crippen molar-refractivity contribution in [1.82, 2.24) is 10.2 Å². The molecule has 0 radical (unpaired) electrons. The number of amides is 2. The normalized spacial score (nSPS) is 22.4. The number of carbonyl (C=O) groups excluding carboxylic acids is 1. The highest BCUT2D eigenvalue weighted by Crippen LogP contribution is 2.53. The predicted octanol–water partition coefficient (Wildman–Crippen LogP) is 2.07. The lowest BCUT2D eigenvalue weighted by atomic mass is 9.94. The first kappa shape index (κ1) is 15.0. The first-order chi connectivity index (χ1) is 9.21. The Morgan fingerprint density at radius 1 is 1.30 bits per heavy atom. The maximum Gasteiger partial charge on any atom is 0.326 e. The van der Waals surface area contributed by atoms with Crippen molar-refractivity contribution in [1.29, 1.82) is 0 Å². The number of likely N-dealkylation sites (tertiary alicyclic amines) is 1. The van der Waals surface area contributed by atoms with E-state index in [0.29, 0.717) is 25.4 Å². The van der Waals surface area contributed by atoms with E-state index in [4.69, 9.17) is 5.11 Å². The van der Waals surface area contributed by atoms with Crippen LogP contribution in [-0.4, -0.2) is 47.1 Å². The number of carbonyl (C=O) groups is 2. The summed E-state index contributed by atoms with van der Waals surface area (Å²) in [4.78, 5) is 24.4. The van der Waals surface area contributed by atoms with E-state index < -0.39 is 30.4 Å². The Bertz CT molecular complexity index is 395. The summed E-state index contributed by atoms with van der Waals surface area (Å²) in [6, 6.07) is -2.11. The van der Waals surface area contributed by atoms with Gasteiger partial charge in [0, 0.05) is 19.5 Å². The van der Waals surface area contributed by atoms with E-state index in [0.717, 1.165) is 12.8 Å². The van der Waals surface area contributed by atoms with Crippen molar-refractivity contribution in [3.05, 3.63) is 0 Å². The van der Waals surface area contributed by atoms with Crippen LogP contribution in [0.1, 0.15) is 39.0 Å². The SMILES string of the molecule is CC(F)(F)CC(NC(=O)N1CCC2(CC1)CC2)C(=O)O. The minimum Gasteiger partial charge on any atom is -0.480 e. The van der Waals surface area contributed by atoms with Crippen LogP contribution in [0, 0.1) is 5.41 Å². The molecule has 5 nitrogen and oxygen atoms in total. The van der Waals surface area contributed by atoms with Crippen molar-refractivity contribution in [2.45, 2.75) is 51.0 Å². The van der Waals surface area contributed by atoms with Crippen LogP contribution in [0.2, 0.25) is 0 Å². The predicted molar refractivity (Wildman–Crippen MR) is 67.7 cm³/mol. The summed E-state index contributed by atoms with van der Waals surface area (Å²) in [5.41, 5.74) is 0.402. The van der Waals surface area contributed by atoms with Gasteiger partial charge in [-0.25, -0.2) is 18.4 Å². The van der Waals surface area contributed by atoms with Crippen molar-refractivity contribution in [2.24, 2.45) is 5.41 Å². The molecule has 1 atom stereocenters. The summed E-state index contributed by atoms with van der Waals surface area (Å²) in [7, 11) is 0. The molecule has 20 heavy (non-hydrogen) atoms. The van der Waals surface area contributed by atoms with Crippen LogP contribution in [0.25, 0.3) is 0 Å². The molecular formula is C13H20F2N2O3. The molecule has 1 aliphatic heterocycles. The van der Waals surface area contributed by atoms with Crippen LogP contribution in [0.15, 0.2) is 0 Å². The number of halogens is 2. The third-order valence-electron chi connectivity index (χ3n) is 4.23. The smallest absolute Gasteiger partial charge is 0.326 e. The van der Waals surface area contributed by atoms with Crippen LogP contribution in [0.4, 0.5) is 13.6 Å². The molecule has 0 aromatic carbocycles. The summed E-state index contributed by atoms with van der Waals surface area (Å²) in [6.07, 6.45) is 3.33. The van der Waals surface area contributed by atoms with Crippen LogP contribution in [0.5, 0.6) is 0 Å². The van der Waals surface area contributed by atoms with Gasteiger partial charge in [0.05, 0.1) is 0 Å². The molecule has 2 aliphatic rings. The molecule has 1 heterocycles. The number of hydrogen-bond donors (Lipinski definition) is 2. The van der Waals surface area contributed by atoms with E-state index >= 15 is 0 Å². The fraction of sp³-hybridized carbons (Fsp3) is 0.846. The highest BCUT2D eigenvalue weighted by Gasteiger charge is 2.45. The van der Waals surface area contributed by atoms with Gasteiger partial charge in [-0.3, -0.25) is 0 Å². The molecule has 0 aromatic rings. The van der Waals surface area contributed by atoms with E-state index in [2.05, 4.69) is 5.32 Å². The maximum atomic E-state index is 12.9. The van der Waals surface area contributed by atoms with Gasteiger partial charge in [0.25, 0.3) is 0 Å². The lowest BCUT2D eigenvalue weighted by Gasteiger charge is -2.33. The molecule has 1 aliphatic carbocycles. The molecule has 2 rings (SSSR count). The van der Waals surface area contributed by atoms with Gasteiger partial charge in [-0.1, -0.05) is 0 Å². The summed E-state index contributed by atoms with van der Waals surface area (Å²) in [6.45, 7) is 1.79. The summed E-state index contributed by atoms with van der Waals surface area (Å²) in [5, 5.41) is 11.1. The molecule has 2 fully saturated rings. The molecule has 2 N–H and O–H groups in total. The number of carboxylic acid groups (broad SMARTS) is 1. The Kier molecular flexibility index (Phi) is 3.88. The van der Waals surface area contributed by atoms with Crippen LogP contribution < -0.4 is 5.32 Å². The zero-order chi connectivity index (χ0) is 15.0. The van der Waals surface area contributed by atoms with Gasteiger partial charge < -0.3 is 15.3 Å². The highest BCUT2D eigenvalue weighted by molar-refractivity contribution is 5.82. The standard InChI is InChI=1S/C13H20F2N2O3/c1-12(14,15)8-9(10(18)19)16-11(20)17-6-4-13(2-3-13)5-7-17/h9H,2-8H2,1H3,(H,16,20)(H,18,19). The second-order valence-corrected chi connectivity index (χ2v) is 6.10. The number of aliphatic carboxylic acids is 1. The lowest BCUT2D eigenvalue weighted by molar-refractivity contribution is -0.141. The first-order valence-corrected chi connectivity index (χ1v) is 6.87. The van der Waals surface area contributed by atoms with Gasteiger partial charge in [-0.2, -0.15) is 0 Å². The Hall–Kier alpha value is -1.40. The monoisotopic (exact) mass is 290 g/mol. The molecule has 0 bridgehead atoms. The number of hydrogen-bond acceptors (Lipinski definition) is 2. The molecular weight excluding hydrogens is 270 g/mol. The van der Waals surface area contributed by atoms with E-state index in [-0.39, 0.29) is 0 Å². The van der Waals surface area contributed by atoms with Gasteiger partial charge in [0.2, 0.25) is 5.92 Å². The fourth-order valence-electron chi connectivity index (χ4n) is 2.66. The van der Waals surface area contributed by atoms with Gasteiger partial charge in [0.1, 0.15) is 6.04 Å². The zero-order valence-electron chi connectivity index (χ0n) is 11.5. The second kappa shape index (κ2) is 5.18. The number of nitrogens with one attached hydrogen (secondary N) is 1. The molecule has 0 aromatic heterocycles. The van der Waals surface area contributed by atoms with Crippen LogP contribution >= 0.6 is 0 Å². The first-order valence-electron chi connectivity index (χ1n) is 6.87. The topological polar surface area (TPSA) is 69.6 Å². The Morgan fingerprint density at radius 2 is 1.85 bits per heavy atom. The van der Waals surface area contributed by atoms with E-state index in [1.807, 2.05) is 0 Å². The quantitative estimate of drug-likeness (QED) is 0.832. The maximum absolute atomic E-state index is 12.9. The molecule has 7 heteroatoms. The molecule has 1 spiro atoms. The molecule has 114 valence electrons. The summed E-state index contributed by atoms with van der Waals surface area (Å²) in [5.74, 6) is -4.56. The lowest BCUT2D eigenvalue weighted by Crippen LogP contribution is -2.51. The van der Waals surface area contributed by atoms with Gasteiger partial charge in [-0.15, -0.1) is 0 Å². The number of carboxylic acids is 1. The third kappa shape index (κ3) is 3.80. The van der Waals surface area contributed by atoms with Crippen molar-refractivity contribution < 1.29 is 23.5 Å². The molecule has 1 saturated heterocycles. The number of rotatable bonds is 4. The average molecular weight is 290 g/mol. The molecule has 1 saturated carbocycles. The van der Waals surface area contributed by atoms with Crippen LogP contribution in [0.3, 0.4) is 0 Å². The Morgan fingerprint density at radius 3 is 2.25 bits per heavy atom. The molecule has 1 unspecified atom stereocenters. The largest absolute Gasteiger partial charge is 0.480 e. The average Bonchev–Trinajstić information content (AvgIpc) is 3.07. The third-order valence-corrected chi connectivity index (χ3v) is 4.23. The van der Waals surface area contributed by atoms with Gasteiger partial charge in [-0.05, 0) is 38.0 Å². The van der Waals surface area contributed by atoms with E-state index in [1.54, 1.807) is 0 Å². The van der Waals surface area contributed by atoms with Crippen molar-refractivity contribution in [2.75, 3.05) is 13.1 Å². The minimum atomic E-state index is -3.13.